The molecule has 0 aromatic heterocycles. The summed E-state index contributed by atoms with van der Waals surface area (Å²) in [5.41, 5.74) is 17.5. The number of hydrogen-bond acceptors (Lipinski definition) is 4. The number of para-hydroxylation sites is 8. The molecule has 4 heteroatoms. The minimum atomic E-state index is 1.09. The van der Waals surface area contributed by atoms with Crippen molar-refractivity contribution in [2.24, 2.45) is 0 Å². The molecule has 0 atom stereocenters. The minimum absolute atomic E-state index is 1.09. The number of aryl methyl sites for hydroxylation is 1. The van der Waals surface area contributed by atoms with E-state index in [1.807, 2.05) is 0 Å². The second-order valence-corrected chi connectivity index (χ2v) is 15.9. The van der Waals surface area contributed by atoms with Crippen LogP contribution in [0.4, 0.5) is 56.9 Å². The first kappa shape index (κ1) is 34.2. The van der Waals surface area contributed by atoms with Gasteiger partial charge in [-0.1, -0.05) is 127 Å². The Morgan fingerprint density at radius 3 is 1.42 bits per heavy atom. The van der Waals surface area contributed by atoms with Crippen LogP contribution in [0.15, 0.2) is 200 Å². The molecule has 10 aromatic carbocycles. The maximum absolute atomic E-state index is 3.69. The summed E-state index contributed by atoms with van der Waals surface area (Å²) < 4.78 is 0. The molecule has 0 aliphatic carbocycles. The van der Waals surface area contributed by atoms with Gasteiger partial charge in [-0.25, -0.2) is 0 Å². The van der Waals surface area contributed by atoms with E-state index in [0.717, 1.165) is 45.5 Å². The van der Waals surface area contributed by atoms with Crippen LogP contribution in [0, 0.1) is 6.92 Å². The highest BCUT2D eigenvalue weighted by molar-refractivity contribution is 6.25. The summed E-state index contributed by atoms with van der Waals surface area (Å²) in [5, 5.41) is 11.0. The van der Waals surface area contributed by atoms with E-state index in [-0.39, 0.29) is 0 Å². The van der Waals surface area contributed by atoms with Crippen molar-refractivity contribution in [3.05, 3.63) is 206 Å². The number of rotatable bonds is 4. The van der Waals surface area contributed by atoms with Crippen LogP contribution in [0.2, 0.25) is 0 Å². The second-order valence-electron chi connectivity index (χ2n) is 15.9. The number of anilines is 10. The monoisotopic (exact) mass is 768 g/mol. The van der Waals surface area contributed by atoms with Gasteiger partial charge in [0.05, 0.1) is 45.5 Å². The Labute approximate surface area is 349 Å². The Kier molecular flexibility index (Phi) is 7.63. The summed E-state index contributed by atoms with van der Waals surface area (Å²) in [6, 6.07) is 73.4. The van der Waals surface area contributed by atoms with Crippen molar-refractivity contribution in [1.82, 2.24) is 0 Å². The average molecular weight is 769 g/mol. The first-order chi connectivity index (χ1) is 29.6. The Bertz CT molecular complexity index is 3270. The zero-order valence-corrected chi connectivity index (χ0v) is 33.4. The molecule has 2 aliphatic rings. The van der Waals surface area contributed by atoms with Crippen LogP contribution in [0.1, 0.15) is 5.56 Å². The van der Waals surface area contributed by atoms with Gasteiger partial charge in [-0.3, -0.25) is 0 Å². The third-order valence-electron chi connectivity index (χ3n) is 12.6. The lowest BCUT2D eigenvalue weighted by molar-refractivity contribution is 1.13. The molecule has 0 radical (unpaired) electrons. The lowest BCUT2D eigenvalue weighted by Crippen LogP contribution is -2.23. The standard InChI is InChI=1S/C56H40N4/c1-36-16-3-5-19-40(36)55-43-32-31-39(60-53-28-13-11-26-51(53)58(2)52-27-12-14-29-54(52)60)35-46(43)56(42-21-15-18-37-17-4-6-20-41(37)42)44-33-30-38(34-45(44)55)59-49-24-9-7-22-47(49)57-48-23-8-10-25-50(48)59/h3-35,57H,1-2H3. The maximum Gasteiger partial charge on any atom is 0.0699 e. The van der Waals surface area contributed by atoms with Crippen LogP contribution in [-0.2, 0) is 0 Å². The fraction of sp³-hybridized carbons (Fsp3) is 0.0357. The van der Waals surface area contributed by atoms with Crippen LogP contribution < -0.4 is 20.0 Å². The van der Waals surface area contributed by atoms with Crippen molar-refractivity contribution < 1.29 is 0 Å². The van der Waals surface area contributed by atoms with Crippen LogP contribution >= 0.6 is 0 Å². The molecule has 10 aromatic rings. The lowest BCUT2D eigenvalue weighted by atomic mass is 9.83. The first-order valence-electron chi connectivity index (χ1n) is 20.7. The van der Waals surface area contributed by atoms with Crippen LogP contribution in [0.3, 0.4) is 0 Å². The molecule has 0 amide bonds. The van der Waals surface area contributed by atoms with Crippen LogP contribution in [-0.4, -0.2) is 7.05 Å². The van der Waals surface area contributed by atoms with Gasteiger partial charge in [0.2, 0.25) is 0 Å². The van der Waals surface area contributed by atoms with Crippen molar-refractivity contribution in [3.63, 3.8) is 0 Å². The van der Waals surface area contributed by atoms with E-state index in [4.69, 9.17) is 0 Å². The van der Waals surface area contributed by atoms with Crippen molar-refractivity contribution >= 4 is 89.2 Å². The smallest absolute Gasteiger partial charge is 0.0699 e. The Morgan fingerprint density at radius 2 is 0.800 bits per heavy atom. The lowest BCUT2D eigenvalue weighted by Gasteiger charge is -2.38. The molecule has 0 fully saturated rings. The molecular weight excluding hydrogens is 729 g/mol. The molecule has 0 saturated carbocycles. The van der Waals surface area contributed by atoms with E-state index in [1.165, 1.54) is 71.5 Å². The summed E-state index contributed by atoms with van der Waals surface area (Å²) in [5.74, 6) is 0. The van der Waals surface area contributed by atoms with Gasteiger partial charge in [-0.2, -0.15) is 0 Å². The van der Waals surface area contributed by atoms with Crippen molar-refractivity contribution in [1.29, 1.82) is 0 Å². The number of fused-ring (bicyclic) bond motifs is 7. The largest absolute Gasteiger partial charge is 0.352 e. The summed E-state index contributed by atoms with van der Waals surface area (Å²) >= 11 is 0. The van der Waals surface area contributed by atoms with E-state index < -0.39 is 0 Å². The topological polar surface area (TPSA) is 21.8 Å². The highest BCUT2D eigenvalue weighted by Gasteiger charge is 2.29. The van der Waals surface area contributed by atoms with E-state index in [2.05, 4.69) is 234 Å². The molecule has 284 valence electrons. The summed E-state index contributed by atoms with van der Waals surface area (Å²) in [6.45, 7) is 2.24. The molecule has 2 heterocycles. The third-order valence-corrected chi connectivity index (χ3v) is 12.6. The van der Waals surface area contributed by atoms with Gasteiger partial charge < -0.3 is 20.0 Å². The molecule has 12 rings (SSSR count). The highest BCUT2D eigenvalue weighted by atomic mass is 15.3. The molecule has 0 unspecified atom stereocenters. The summed E-state index contributed by atoms with van der Waals surface area (Å²) in [4.78, 5) is 7.16. The zero-order valence-electron chi connectivity index (χ0n) is 33.4. The summed E-state index contributed by atoms with van der Waals surface area (Å²) in [6.07, 6.45) is 0. The van der Waals surface area contributed by atoms with E-state index in [1.54, 1.807) is 0 Å². The van der Waals surface area contributed by atoms with E-state index in [0.29, 0.717) is 0 Å². The fourth-order valence-electron chi connectivity index (χ4n) is 9.87. The first-order valence-corrected chi connectivity index (χ1v) is 20.7. The molecular formula is C56H40N4. The number of nitrogens with zero attached hydrogens (tertiary/aromatic N) is 3. The molecule has 2 aliphatic heterocycles. The molecule has 1 N–H and O–H groups in total. The quantitative estimate of drug-likeness (QED) is 0.180. The second kappa shape index (κ2) is 13.4. The van der Waals surface area contributed by atoms with Gasteiger partial charge in [-0.05, 0) is 140 Å². The Hall–Kier alpha value is -7.82. The number of nitrogens with one attached hydrogen (secondary N) is 1. The van der Waals surface area contributed by atoms with Crippen LogP contribution in [0.25, 0.3) is 54.6 Å². The van der Waals surface area contributed by atoms with E-state index in [9.17, 15) is 0 Å². The van der Waals surface area contributed by atoms with Gasteiger partial charge in [-0.15, -0.1) is 0 Å². The minimum Gasteiger partial charge on any atom is -0.352 e. The number of benzene rings is 10. The molecule has 4 nitrogen and oxygen atoms in total. The zero-order chi connectivity index (χ0) is 39.9. The van der Waals surface area contributed by atoms with Crippen LogP contribution in [0.5, 0.6) is 0 Å². The van der Waals surface area contributed by atoms with Gasteiger partial charge in [0, 0.05) is 18.4 Å². The Morgan fingerprint density at radius 1 is 0.350 bits per heavy atom. The van der Waals surface area contributed by atoms with Gasteiger partial charge in [0.25, 0.3) is 0 Å². The predicted octanol–water partition coefficient (Wildman–Crippen LogP) is 15.9. The molecule has 60 heavy (non-hydrogen) atoms. The predicted molar refractivity (Wildman–Crippen MR) is 255 cm³/mol. The van der Waals surface area contributed by atoms with E-state index >= 15 is 0 Å². The molecule has 0 spiro atoms. The van der Waals surface area contributed by atoms with Gasteiger partial charge >= 0.3 is 0 Å². The van der Waals surface area contributed by atoms with Crippen molar-refractivity contribution in [3.8, 4) is 22.3 Å². The number of hydrogen-bond donors (Lipinski definition) is 1. The maximum atomic E-state index is 3.69. The SMILES string of the molecule is Cc1ccccc1-c1c2cc(N3c4ccccc4Nc4ccccc43)ccc2c(-c2cccc3ccccc23)c2cc(N3c4ccccc4N(C)c4ccccc43)ccc12. The highest BCUT2D eigenvalue weighted by Crippen LogP contribution is 2.54. The third kappa shape index (κ3) is 5.11. The normalized spacial score (nSPS) is 12.9. The fourth-order valence-corrected chi connectivity index (χ4v) is 9.87. The Balaban J connectivity index is 1.21. The molecule has 0 bridgehead atoms. The van der Waals surface area contributed by atoms with Gasteiger partial charge in [0.1, 0.15) is 0 Å². The van der Waals surface area contributed by atoms with Gasteiger partial charge in [0.15, 0.2) is 0 Å². The van der Waals surface area contributed by atoms with Crippen molar-refractivity contribution in [2.45, 2.75) is 6.92 Å². The van der Waals surface area contributed by atoms with Crippen molar-refractivity contribution in [2.75, 3.05) is 27.1 Å². The average Bonchev–Trinajstić information content (AvgIpc) is 3.30. The summed E-state index contributed by atoms with van der Waals surface area (Å²) in [7, 11) is 2.17. The molecule has 0 saturated heterocycles.